The predicted octanol–water partition coefficient (Wildman–Crippen LogP) is 3.54. The van der Waals surface area contributed by atoms with Crippen molar-refractivity contribution in [3.63, 3.8) is 0 Å². The van der Waals surface area contributed by atoms with E-state index in [1.54, 1.807) is 0 Å². The van der Waals surface area contributed by atoms with Gasteiger partial charge in [-0.3, -0.25) is 0 Å². The standard InChI is InChI=1S/C14H24N4.C12H18N4/c1-15-9-11-17(13-15)7-5-3-4-6-8-18-12-10-16(2)14-18;1(3-7-15-9-5-13-11-15)2-4-8-16-10-6-14-12-16/h9-14H,3-8H2,1-2H3;5-6,9-12H,1-4,7-8H2/q+2;. The molecule has 4 aromatic rings. The van der Waals surface area contributed by atoms with E-state index in [0.29, 0.717) is 0 Å². The van der Waals surface area contributed by atoms with Gasteiger partial charge in [-0.1, -0.05) is 12.8 Å². The zero-order valence-electron chi connectivity index (χ0n) is 21.0. The Labute approximate surface area is 204 Å². The van der Waals surface area contributed by atoms with Crippen LogP contribution in [0.15, 0.2) is 74.9 Å². The molecule has 0 aliphatic heterocycles. The molecule has 8 nitrogen and oxygen atoms in total. The van der Waals surface area contributed by atoms with Gasteiger partial charge in [-0.15, -0.1) is 0 Å². The molecule has 4 aromatic heterocycles. The Morgan fingerprint density at radius 3 is 1.18 bits per heavy atom. The van der Waals surface area contributed by atoms with Gasteiger partial charge >= 0.3 is 0 Å². The van der Waals surface area contributed by atoms with Crippen LogP contribution in [0.1, 0.15) is 51.4 Å². The summed E-state index contributed by atoms with van der Waals surface area (Å²) in [5.74, 6) is 0. The Hall–Kier alpha value is -3.16. The summed E-state index contributed by atoms with van der Waals surface area (Å²) in [4.78, 5) is 8.05. The van der Waals surface area contributed by atoms with Crippen LogP contribution in [0.5, 0.6) is 0 Å². The molecule has 8 heteroatoms. The SMILES string of the molecule is C[n+]1ccn(CCCCCCn2cc[n+](C)c2)c1.c1cn(CCCCCCn2ccnc2)cn1. The first-order valence-electron chi connectivity index (χ1n) is 12.6. The summed E-state index contributed by atoms with van der Waals surface area (Å²) in [5, 5.41) is 0. The number of rotatable bonds is 14. The molecule has 0 N–H and O–H groups in total. The van der Waals surface area contributed by atoms with Gasteiger partial charge in [0.05, 0.1) is 39.8 Å². The molecule has 0 bridgehead atoms. The predicted molar refractivity (Wildman–Crippen MR) is 133 cm³/mol. The van der Waals surface area contributed by atoms with Crippen LogP contribution in [0.4, 0.5) is 0 Å². The lowest BCUT2D eigenvalue weighted by atomic mass is 10.2. The summed E-state index contributed by atoms with van der Waals surface area (Å²) >= 11 is 0. The molecule has 0 saturated heterocycles. The van der Waals surface area contributed by atoms with E-state index in [4.69, 9.17) is 0 Å². The minimum absolute atomic E-state index is 1.09. The lowest BCUT2D eigenvalue weighted by Gasteiger charge is -2.03. The highest BCUT2D eigenvalue weighted by Crippen LogP contribution is 2.05. The van der Waals surface area contributed by atoms with E-state index < -0.39 is 0 Å². The fourth-order valence-electron chi connectivity index (χ4n) is 3.99. The van der Waals surface area contributed by atoms with E-state index in [1.165, 1.54) is 51.4 Å². The molecule has 34 heavy (non-hydrogen) atoms. The van der Waals surface area contributed by atoms with Crippen LogP contribution in [0, 0.1) is 0 Å². The highest BCUT2D eigenvalue weighted by molar-refractivity contribution is 4.74. The van der Waals surface area contributed by atoms with E-state index in [9.17, 15) is 0 Å². The minimum Gasteiger partial charge on any atom is -0.337 e. The Morgan fingerprint density at radius 2 is 0.882 bits per heavy atom. The minimum atomic E-state index is 1.09. The maximum absolute atomic E-state index is 4.02. The summed E-state index contributed by atoms with van der Waals surface area (Å²) in [6.07, 6.45) is 34.4. The van der Waals surface area contributed by atoms with Crippen molar-refractivity contribution in [1.82, 2.24) is 28.2 Å². The van der Waals surface area contributed by atoms with Gasteiger partial charge in [-0.05, 0) is 38.5 Å². The average Bonchev–Trinajstić information content (AvgIpc) is 3.64. The molecule has 0 aliphatic rings. The maximum atomic E-state index is 4.02. The molecule has 0 radical (unpaired) electrons. The second-order valence-corrected chi connectivity index (χ2v) is 9.06. The molecule has 0 unspecified atom stereocenters. The monoisotopic (exact) mass is 466 g/mol. The number of imidazole rings is 4. The Morgan fingerprint density at radius 1 is 0.500 bits per heavy atom. The van der Waals surface area contributed by atoms with Gasteiger partial charge in [-0.2, -0.15) is 0 Å². The van der Waals surface area contributed by atoms with Gasteiger partial charge in [0.25, 0.3) is 0 Å². The third-order valence-corrected chi connectivity index (χ3v) is 5.93. The third kappa shape index (κ3) is 10.2. The van der Waals surface area contributed by atoms with Gasteiger partial charge < -0.3 is 9.13 Å². The first kappa shape index (κ1) is 25.5. The summed E-state index contributed by atoms with van der Waals surface area (Å²) < 4.78 is 13.0. The van der Waals surface area contributed by atoms with Gasteiger partial charge in [0.2, 0.25) is 12.7 Å². The lowest BCUT2D eigenvalue weighted by molar-refractivity contribution is -0.671. The van der Waals surface area contributed by atoms with Gasteiger partial charge in [0, 0.05) is 37.9 Å². The van der Waals surface area contributed by atoms with E-state index in [0.717, 1.165) is 26.2 Å². The summed E-state index contributed by atoms with van der Waals surface area (Å²) in [5.41, 5.74) is 0. The number of nitrogens with zero attached hydrogens (tertiary/aromatic N) is 8. The number of hydrogen-bond acceptors (Lipinski definition) is 2. The second kappa shape index (κ2) is 14.9. The highest BCUT2D eigenvalue weighted by Gasteiger charge is 2.01. The topological polar surface area (TPSA) is 53.3 Å². The van der Waals surface area contributed by atoms with Gasteiger partial charge in [0.15, 0.2) is 0 Å². The Balaban J connectivity index is 0.000000192. The van der Waals surface area contributed by atoms with Gasteiger partial charge in [-0.25, -0.2) is 28.2 Å². The number of aromatic nitrogens is 8. The van der Waals surface area contributed by atoms with Crippen molar-refractivity contribution < 1.29 is 9.13 Å². The third-order valence-electron chi connectivity index (χ3n) is 5.93. The van der Waals surface area contributed by atoms with Crippen LogP contribution < -0.4 is 9.13 Å². The molecule has 0 amide bonds. The molecule has 4 heterocycles. The van der Waals surface area contributed by atoms with Crippen LogP contribution in [0.25, 0.3) is 0 Å². The number of unbranched alkanes of at least 4 members (excludes halogenated alkanes) is 6. The molecular weight excluding hydrogens is 424 g/mol. The lowest BCUT2D eigenvalue weighted by Crippen LogP contribution is -2.23. The summed E-state index contributed by atoms with van der Waals surface area (Å²) in [7, 11) is 4.13. The van der Waals surface area contributed by atoms with Crippen molar-refractivity contribution in [2.24, 2.45) is 14.1 Å². The molecule has 0 fully saturated rings. The maximum Gasteiger partial charge on any atom is 0.243 e. The Kier molecular flexibility index (Phi) is 11.1. The van der Waals surface area contributed by atoms with E-state index in [1.807, 2.05) is 37.4 Å². The molecule has 0 atom stereocenters. The van der Waals surface area contributed by atoms with E-state index >= 15 is 0 Å². The van der Waals surface area contributed by atoms with Crippen molar-refractivity contribution in [3.8, 4) is 0 Å². The largest absolute Gasteiger partial charge is 0.337 e. The smallest absolute Gasteiger partial charge is 0.243 e. The molecule has 0 aromatic carbocycles. The highest BCUT2D eigenvalue weighted by atomic mass is 15.1. The first-order valence-corrected chi connectivity index (χ1v) is 12.6. The molecule has 0 spiro atoms. The van der Waals surface area contributed by atoms with Crippen LogP contribution in [-0.2, 0) is 40.3 Å². The summed E-state index contributed by atoms with van der Waals surface area (Å²) in [6, 6.07) is 0. The van der Waals surface area contributed by atoms with Crippen molar-refractivity contribution in [1.29, 1.82) is 0 Å². The van der Waals surface area contributed by atoms with Crippen LogP contribution in [0.2, 0.25) is 0 Å². The van der Waals surface area contributed by atoms with Gasteiger partial charge in [0.1, 0.15) is 24.8 Å². The molecule has 0 aliphatic carbocycles. The van der Waals surface area contributed by atoms with Crippen molar-refractivity contribution in [2.75, 3.05) is 0 Å². The van der Waals surface area contributed by atoms with Crippen molar-refractivity contribution >= 4 is 0 Å². The zero-order valence-corrected chi connectivity index (χ0v) is 21.0. The number of hydrogen-bond donors (Lipinski definition) is 0. The molecule has 0 saturated carbocycles. The molecular formula is C26H42N8+2. The summed E-state index contributed by atoms with van der Waals surface area (Å²) in [6.45, 7) is 4.45. The average molecular weight is 467 g/mol. The fraction of sp³-hybridized carbons (Fsp3) is 0.538. The number of aryl methyl sites for hydroxylation is 6. The van der Waals surface area contributed by atoms with E-state index in [2.05, 4.69) is 88.9 Å². The van der Waals surface area contributed by atoms with Crippen molar-refractivity contribution in [2.45, 2.75) is 77.5 Å². The van der Waals surface area contributed by atoms with Crippen LogP contribution in [-0.4, -0.2) is 28.2 Å². The van der Waals surface area contributed by atoms with E-state index in [-0.39, 0.29) is 0 Å². The fourth-order valence-corrected chi connectivity index (χ4v) is 3.99. The van der Waals surface area contributed by atoms with Crippen LogP contribution >= 0.6 is 0 Å². The first-order chi connectivity index (χ1) is 16.7. The second-order valence-electron chi connectivity index (χ2n) is 9.06. The zero-order chi connectivity index (χ0) is 23.8. The van der Waals surface area contributed by atoms with Crippen molar-refractivity contribution in [3.05, 3.63) is 74.9 Å². The molecule has 184 valence electrons. The quantitative estimate of drug-likeness (QED) is 0.211. The van der Waals surface area contributed by atoms with Crippen LogP contribution in [0.3, 0.4) is 0 Å². The molecule has 4 rings (SSSR count). The normalized spacial score (nSPS) is 10.9. The Bertz CT molecular complexity index is 915.